The number of para-hydroxylation sites is 1. The van der Waals surface area contributed by atoms with Crippen molar-refractivity contribution in [2.75, 3.05) is 26.5 Å². The number of benzene rings is 2. The van der Waals surface area contributed by atoms with Crippen LogP contribution in [0.15, 0.2) is 41.4 Å². The molecular formula is C24H30FN3O3. The second-order valence-electron chi connectivity index (χ2n) is 7.90. The minimum atomic E-state index is -0.272. The number of fused-ring (bicyclic) bond motifs is 1. The number of nitrogens with one attached hydrogen (secondary N) is 2. The summed E-state index contributed by atoms with van der Waals surface area (Å²) >= 11 is 0. The zero-order valence-corrected chi connectivity index (χ0v) is 18.0. The van der Waals surface area contributed by atoms with Gasteiger partial charge < -0.3 is 24.8 Å². The highest BCUT2D eigenvalue weighted by Gasteiger charge is 2.22. The first-order valence-corrected chi connectivity index (χ1v) is 11.0. The molecule has 0 aromatic heterocycles. The van der Waals surface area contributed by atoms with E-state index < -0.39 is 0 Å². The van der Waals surface area contributed by atoms with Crippen LogP contribution in [0.1, 0.15) is 36.5 Å². The van der Waals surface area contributed by atoms with Gasteiger partial charge in [0.05, 0.1) is 19.8 Å². The topological polar surface area (TPSA) is 64.1 Å². The molecule has 31 heavy (non-hydrogen) atoms. The van der Waals surface area contributed by atoms with Crippen LogP contribution in [0.5, 0.6) is 11.5 Å². The minimum Gasteiger partial charge on any atom is -0.493 e. The monoisotopic (exact) mass is 427 g/mol. The molecule has 1 aliphatic heterocycles. The first-order valence-electron chi connectivity index (χ1n) is 11.0. The van der Waals surface area contributed by atoms with Crippen molar-refractivity contribution in [3.05, 3.63) is 58.9 Å². The third kappa shape index (κ3) is 6.10. The molecular weight excluding hydrogens is 397 g/mol. The Labute approximate surface area is 182 Å². The standard InChI is InChI=1S/C24H30FN3O3/c1-2-26-24(28-13-19-5-3-4-6-22(19)30-14-17-7-8-17)27-10-9-18-11-21(25)12-20-15-29-16-31-23(18)20/h3-6,11-12,17H,2,7-10,13-16H2,1H3,(H2,26,27,28). The third-order valence-electron chi connectivity index (χ3n) is 5.33. The summed E-state index contributed by atoms with van der Waals surface area (Å²) in [4.78, 5) is 4.71. The van der Waals surface area contributed by atoms with Crippen LogP contribution in [-0.2, 0) is 24.3 Å². The van der Waals surface area contributed by atoms with E-state index in [1.807, 2.05) is 31.2 Å². The largest absolute Gasteiger partial charge is 0.493 e. The lowest BCUT2D eigenvalue weighted by molar-refractivity contribution is -0.0172. The van der Waals surface area contributed by atoms with E-state index in [4.69, 9.17) is 19.2 Å². The Hall–Kier alpha value is -2.80. The Bertz CT molecular complexity index is 915. The van der Waals surface area contributed by atoms with Crippen LogP contribution in [-0.4, -0.2) is 32.4 Å². The van der Waals surface area contributed by atoms with Gasteiger partial charge in [0, 0.05) is 24.2 Å². The lowest BCUT2D eigenvalue weighted by Crippen LogP contribution is -2.38. The summed E-state index contributed by atoms with van der Waals surface area (Å²) in [5, 5.41) is 6.60. The molecule has 1 saturated carbocycles. The fraction of sp³-hybridized carbons (Fsp3) is 0.458. The molecule has 0 atom stereocenters. The Morgan fingerprint density at radius 1 is 1.19 bits per heavy atom. The van der Waals surface area contributed by atoms with Crippen molar-refractivity contribution in [2.24, 2.45) is 10.9 Å². The molecule has 0 saturated heterocycles. The van der Waals surface area contributed by atoms with E-state index >= 15 is 0 Å². The van der Waals surface area contributed by atoms with Gasteiger partial charge in [-0.25, -0.2) is 9.38 Å². The molecule has 2 aromatic carbocycles. The van der Waals surface area contributed by atoms with Crippen LogP contribution in [0.4, 0.5) is 4.39 Å². The molecule has 166 valence electrons. The van der Waals surface area contributed by atoms with E-state index in [-0.39, 0.29) is 12.6 Å². The molecule has 0 unspecified atom stereocenters. The first-order chi connectivity index (χ1) is 15.2. The Morgan fingerprint density at radius 2 is 2.06 bits per heavy atom. The second kappa shape index (κ2) is 10.5. The summed E-state index contributed by atoms with van der Waals surface area (Å²) in [6, 6.07) is 11.1. The SMILES string of the molecule is CCNC(=NCc1ccccc1OCC1CC1)NCCc1cc(F)cc2c1OCOC2. The average Bonchev–Trinajstić information content (AvgIpc) is 3.61. The van der Waals surface area contributed by atoms with Crippen molar-refractivity contribution < 1.29 is 18.6 Å². The van der Waals surface area contributed by atoms with Gasteiger partial charge in [-0.2, -0.15) is 0 Å². The van der Waals surface area contributed by atoms with Crippen molar-refractivity contribution >= 4 is 5.96 Å². The zero-order chi connectivity index (χ0) is 21.5. The fourth-order valence-electron chi connectivity index (χ4n) is 3.53. The normalized spacial score (nSPS) is 15.7. The third-order valence-corrected chi connectivity index (χ3v) is 5.33. The Morgan fingerprint density at radius 3 is 2.90 bits per heavy atom. The predicted molar refractivity (Wildman–Crippen MR) is 118 cm³/mol. The van der Waals surface area contributed by atoms with E-state index in [2.05, 4.69) is 10.6 Å². The molecule has 2 N–H and O–H groups in total. The summed E-state index contributed by atoms with van der Waals surface area (Å²) in [7, 11) is 0. The fourth-order valence-corrected chi connectivity index (χ4v) is 3.53. The maximum atomic E-state index is 13.9. The smallest absolute Gasteiger partial charge is 0.191 e. The maximum absolute atomic E-state index is 13.9. The van der Waals surface area contributed by atoms with E-state index in [1.54, 1.807) is 0 Å². The van der Waals surface area contributed by atoms with Gasteiger partial charge in [-0.05, 0) is 55.9 Å². The first kappa shape index (κ1) is 21.4. The van der Waals surface area contributed by atoms with Crippen LogP contribution in [0.3, 0.4) is 0 Å². The lowest BCUT2D eigenvalue weighted by atomic mass is 10.1. The summed E-state index contributed by atoms with van der Waals surface area (Å²) in [6.45, 7) is 5.26. The molecule has 0 amide bonds. The number of hydrogen-bond donors (Lipinski definition) is 2. The number of guanidine groups is 1. The van der Waals surface area contributed by atoms with Crippen molar-refractivity contribution in [1.82, 2.24) is 10.6 Å². The van der Waals surface area contributed by atoms with Crippen LogP contribution in [0.2, 0.25) is 0 Å². The van der Waals surface area contributed by atoms with Gasteiger partial charge in [-0.3, -0.25) is 0 Å². The number of hydrogen-bond acceptors (Lipinski definition) is 4. The van der Waals surface area contributed by atoms with Crippen LogP contribution in [0, 0.1) is 11.7 Å². The summed E-state index contributed by atoms with van der Waals surface area (Å²) in [5.41, 5.74) is 2.65. The number of ether oxygens (including phenoxy) is 3. The minimum absolute atomic E-state index is 0.200. The van der Waals surface area contributed by atoms with Crippen molar-refractivity contribution in [1.29, 1.82) is 0 Å². The van der Waals surface area contributed by atoms with E-state index in [0.29, 0.717) is 38.0 Å². The highest BCUT2D eigenvalue weighted by Crippen LogP contribution is 2.31. The molecule has 2 aliphatic rings. The Kier molecular flexibility index (Phi) is 7.25. The zero-order valence-electron chi connectivity index (χ0n) is 18.0. The lowest BCUT2D eigenvalue weighted by Gasteiger charge is -2.21. The summed E-state index contributed by atoms with van der Waals surface area (Å²) < 4.78 is 30.8. The molecule has 0 spiro atoms. The van der Waals surface area contributed by atoms with E-state index in [0.717, 1.165) is 41.3 Å². The maximum Gasteiger partial charge on any atom is 0.191 e. The molecule has 0 radical (unpaired) electrons. The van der Waals surface area contributed by atoms with Gasteiger partial charge in [0.2, 0.25) is 0 Å². The highest BCUT2D eigenvalue weighted by atomic mass is 19.1. The van der Waals surface area contributed by atoms with Crippen molar-refractivity contribution in [2.45, 2.75) is 39.3 Å². The van der Waals surface area contributed by atoms with E-state index in [1.165, 1.54) is 25.0 Å². The quantitative estimate of drug-likeness (QED) is 0.471. The highest BCUT2D eigenvalue weighted by molar-refractivity contribution is 5.79. The molecule has 6 nitrogen and oxygen atoms in total. The molecule has 1 heterocycles. The van der Waals surface area contributed by atoms with Gasteiger partial charge in [0.15, 0.2) is 12.8 Å². The van der Waals surface area contributed by atoms with E-state index in [9.17, 15) is 4.39 Å². The van der Waals surface area contributed by atoms with Gasteiger partial charge in [0.1, 0.15) is 17.3 Å². The summed E-state index contributed by atoms with van der Waals surface area (Å²) in [6.07, 6.45) is 3.15. The number of nitrogens with zero attached hydrogens (tertiary/aromatic N) is 1. The van der Waals surface area contributed by atoms with Gasteiger partial charge in [0.25, 0.3) is 0 Å². The van der Waals surface area contributed by atoms with Crippen molar-refractivity contribution in [3.63, 3.8) is 0 Å². The predicted octanol–water partition coefficient (Wildman–Crippen LogP) is 3.78. The molecule has 4 rings (SSSR count). The second-order valence-corrected chi connectivity index (χ2v) is 7.90. The van der Waals surface area contributed by atoms with Gasteiger partial charge >= 0.3 is 0 Å². The van der Waals surface area contributed by atoms with Crippen molar-refractivity contribution in [3.8, 4) is 11.5 Å². The van der Waals surface area contributed by atoms with Crippen LogP contribution in [0.25, 0.3) is 0 Å². The average molecular weight is 428 g/mol. The van der Waals surface area contributed by atoms with Crippen LogP contribution >= 0.6 is 0 Å². The number of aliphatic imine (C=N–C) groups is 1. The summed E-state index contributed by atoms with van der Waals surface area (Å²) in [5.74, 6) is 2.79. The molecule has 1 aliphatic carbocycles. The molecule has 2 aromatic rings. The molecule has 0 bridgehead atoms. The Balaban J connectivity index is 1.36. The van der Waals surface area contributed by atoms with Gasteiger partial charge in [-0.15, -0.1) is 0 Å². The molecule has 7 heteroatoms. The molecule has 1 fully saturated rings. The number of halogens is 1. The number of rotatable bonds is 9. The van der Waals surface area contributed by atoms with Crippen LogP contribution < -0.4 is 20.1 Å². The van der Waals surface area contributed by atoms with Gasteiger partial charge in [-0.1, -0.05) is 18.2 Å².